The Labute approximate surface area is 122 Å². The van der Waals surface area contributed by atoms with Crippen LogP contribution in [0.25, 0.3) is 0 Å². The van der Waals surface area contributed by atoms with Crippen molar-refractivity contribution in [3.05, 3.63) is 23.8 Å². The van der Waals surface area contributed by atoms with Gasteiger partial charge < -0.3 is 15.4 Å². The van der Waals surface area contributed by atoms with E-state index < -0.39 is 18.5 Å². The lowest BCUT2D eigenvalue weighted by Crippen LogP contribution is -2.39. The highest BCUT2D eigenvalue weighted by Gasteiger charge is 2.12. The van der Waals surface area contributed by atoms with Gasteiger partial charge in [0, 0.05) is 12.7 Å². The van der Waals surface area contributed by atoms with E-state index in [0.29, 0.717) is 12.2 Å². The fourth-order valence-electron chi connectivity index (χ4n) is 1.26. The summed E-state index contributed by atoms with van der Waals surface area (Å²) in [5, 5.41) is 4.95. The Morgan fingerprint density at radius 3 is 2.52 bits per heavy atom. The molecule has 0 aliphatic heterocycles. The number of carbonyl (C=O) groups is 3. The summed E-state index contributed by atoms with van der Waals surface area (Å²) < 4.78 is 4.76. The number of carbonyl (C=O) groups excluding carboxylic acids is 3. The van der Waals surface area contributed by atoms with Crippen molar-refractivity contribution in [3.8, 4) is 0 Å². The van der Waals surface area contributed by atoms with Crippen molar-refractivity contribution in [1.29, 1.82) is 0 Å². The maximum atomic E-state index is 11.6. The van der Waals surface area contributed by atoms with E-state index in [9.17, 15) is 14.4 Å². The van der Waals surface area contributed by atoms with Gasteiger partial charge in [0.25, 0.3) is 5.91 Å². The summed E-state index contributed by atoms with van der Waals surface area (Å²) in [5.41, 5.74) is 0.691. The molecule has 8 heteroatoms. The molecule has 0 atom stereocenters. The van der Waals surface area contributed by atoms with E-state index in [0.717, 1.165) is 6.42 Å². The maximum Gasteiger partial charge on any atom is 0.359 e. The molecule has 0 bridgehead atoms. The Morgan fingerprint density at radius 2 is 1.90 bits per heavy atom. The largest absolute Gasteiger partial charge is 0.451 e. The van der Waals surface area contributed by atoms with Gasteiger partial charge in [-0.1, -0.05) is 6.92 Å². The fraction of sp³-hybridized carbons (Fsp3) is 0.462. The number of hydrogen-bond donors (Lipinski definition) is 2. The quantitative estimate of drug-likeness (QED) is 0.661. The van der Waals surface area contributed by atoms with Gasteiger partial charge in [-0.2, -0.15) is 0 Å². The highest BCUT2D eigenvalue weighted by molar-refractivity contribution is 5.90. The Balaban J connectivity index is 2.28. The van der Waals surface area contributed by atoms with E-state index in [1.165, 1.54) is 12.4 Å². The first-order chi connectivity index (χ1) is 10.0. The predicted octanol–water partition coefficient (Wildman–Crippen LogP) is -0.416. The van der Waals surface area contributed by atoms with Crippen molar-refractivity contribution in [1.82, 2.24) is 20.6 Å². The van der Waals surface area contributed by atoms with Crippen LogP contribution in [0.15, 0.2) is 12.4 Å². The number of nitrogens with one attached hydrogen (secondary N) is 2. The smallest absolute Gasteiger partial charge is 0.359 e. The van der Waals surface area contributed by atoms with Gasteiger partial charge in [-0.05, 0) is 13.3 Å². The molecule has 1 aromatic heterocycles. The highest BCUT2D eigenvalue weighted by Crippen LogP contribution is 1.96. The van der Waals surface area contributed by atoms with Gasteiger partial charge in [0.2, 0.25) is 5.91 Å². The molecule has 2 N–H and O–H groups in total. The molecular formula is C13H18N4O4. The van der Waals surface area contributed by atoms with Crippen LogP contribution in [0.1, 0.15) is 29.5 Å². The summed E-state index contributed by atoms with van der Waals surface area (Å²) in [6, 6.07) is 0. The topological polar surface area (TPSA) is 110 Å². The number of esters is 1. The predicted molar refractivity (Wildman–Crippen MR) is 73.4 cm³/mol. The minimum Gasteiger partial charge on any atom is -0.451 e. The lowest BCUT2D eigenvalue weighted by atomic mass is 10.4. The Morgan fingerprint density at radius 1 is 1.14 bits per heavy atom. The molecule has 114 valence electrons. The molecule has 8 nitrogen and oxygen atoms in total. The van der Waals surface area contributed by atoms with Crippen molar-refractivity contribution < 1.29 is 19.1 Å². The zero-order valence-electron chi connectivity index (χ0n) is 12.0. The van der Waals surface area contributed by atoms with Crippen LogP contribution in [0, 0.1) is 6.92 Å². The van der Waals surface area contributed by atoms with Gasteiger partial charge in [-0.25, -0.2) is 9.78 Å². The molecule has 1 aromatic rings. The molecule has 0 spiro atoms. The zero-order valence-corrected chi connectivity index (χ0v) is 12.0. The summed E-state index contributed by atoms with van der Waals surface area (Å²) >= 11 is 0. The average molecular weight is 294 g/mol. The lowest BCUT2D eigenvalue weighted by molar-refractivity contribution is -0.127. The van der Waals surface area contributed by atoms with E-state index in [1.54, 1.807) is 6.92 Å². The van der Waals surface area contributed by atoms with Gasteiger partial charge in [-0.15, -0.1) is 0 Å². The van der Waals surface area contributed by atoms with Crippen LogP contribution in [-0.4, -0.2) is 47.4 Å². The molecule has 1 rings (SSSR count). The van der Waals surface area contributed by atoms with Crippen LogP contribution in [0.4, 0.5) is 0 Å². The first-order valence-electron chi connectivity index (χ1n) is 6.52. The third kappa shape index (κ3) is 6.46. The SMILES string of the molecule is CCCNC(=O)CNC(=O)COC(=O)c1cnc(C)cn1. The number of rotatable bonds is 7. The summed E-state index contributed by atoms with van der Waals surface area (Å²) in [5.74, 6) is -1.59. The van der Waals surface area contributed by atoms with Crippen molar-refractivity contribution in [2.45, 2.75) is 20.3 Å². The number of amides is 2. The second-order valence-corrected chi connectivity index (χ2v) is 4.25. The van der Waals surface area contributed by atoms with Crippen molar-refractivity contribution in [3.63, 3.8) is 0 Å². The van der Waals surface area contributed by atoms with E-state index in [-0.39, 0.29) is 18.1 Å². The minimum atomic E-state index is -0.743. The Bertz CT molecular complexity index is 501. The zero-order chi connectivity index (χ0) is 15.7. The van der Waals surface area contributed by atoms with Gasteiger partial charge in [0.15, 0.2) is 12.3 Å². The van der Waals surface area contributed by atoms with E-state index in [1.807, 2.05) is 6.92 Å². The third-order valence-electron chi connectivity index (χ3n) is 2.34. The number of ether oxygens (including phenoxy) is 1. The lowest BCUT2D eigenvalue weighted by Gasteiger charge is -2.06. The fourth-order valence-corrected chi connectivity index (χ4v) is 1.26. The van der Waals surface area contributed by atoms with E-state index >= 15 is 0 Å². The number of aryl methyl sites for hydroxylation is 1. The molecule has 2 amide bonds. The summed E-state index contributed by atoms with van der Waals surface area (Å²) in [4.78, 5) is 41.9. The van der Waals surface area contributed by atoms with E-state index in [2.05, 4.69) is 20.6 Å². The molecule has 0 aliphatic carbocycles. The standard InChI is InChI=1S/C13H18N4O4/c1-3-4-14-11(18)7-17-12(19)8-21-13(20)10-6-15-9(2)5-16-10/h5-6H,3-4,7-8H2,1-2H3,(H,14,18)(H,17,19). The van der Waals surface area contributed by atoms with Crippen LogP contribution in [0.3, 0.4) is 0 Å². The molecule has 0 saturated heterocycles. The summed E-state index contributed by atoms with van der Waals surface area (Å²) in [6.07, 6.45) is 3.51. The number of nitrogens with zero attached hydrogens (tertiary/aromatic N) is 2. The van der Waals surface area contributed by atoms with Crippen LogP contribution in [0.5, 0.6) is 0 Å². The monoisotopic (exact) mass is 294 g/mol. The molecule has 21 heavy (non-hydrogen) atoms. The van der Waals surface area contributed by atoms with Gasteiger partial charge >= 0.3 is 5.97 Å². The second-order valence-electron chi connectivity index (χ2n) is 4.25. The average Bonchev–Trinajstić information content (AvgIpc) is 2.49. The molecule has 0 fully saturated rings. The van der Waals surface area contributed by atoms with Crippen LogP contribution in [0.2, 0.25) is 0 Å². The molecular weight excluding hydrogens is 276 g/mol. The number of aromatic nitrogens is 2. The van der Waals surface area contributed by atoms with Gasteiger partial charge in [0.1, 0.15) is 0 Å². The normalized spacial score (nSPS) is 9.81. The van der Waals surface area contributed by atoms with Gasteiger partial charge in [-0.3, -0.25) is 14.6 Å². The molecule has 1 heterocycles. The second kappa shape index (κ2) is 8.62. The molecule has 0 unspecified atom stereocenters. The van der Waals surface area contributed by atoms with Gasteiger partial charge in [0.05, 0.1) is 18.4 Å². The summed E-state index contributed by atoms with van der Waals surface area (Å²) in [7, 11) is 0. The number of hydrogen-bond acceptors (Lipinski definition) is 6. The van der Waals surface area contributed by atoms with Crippen LogP contribution < -0.4 is 10.6 Å². The van der Waals surface area contributed by atoms with Crippen molar-refractivity contribution >= 4 is 17.8 Å². The maximum absolute atomic E-state index is 11.6. The molecule has 0 aliphatic rings. The Hall–Kier alpha value is -2.51. The highest BCUT2D eigenvalue weighted by atomic mass is 16.5. The van der Waals surface area contributed by atoms with Crippen molar-refractivity contribution in [2.75, 3.05) is 19.7 Å². The molecule has 0 radical (unpaired) electrons. The minimum absolute atomic E-state index is 0.0223. The first-order valence-corrected chi connectivity index (χ1v) is 6.52. The summed E-state index contributed by atoms with van der Waals surface area (Å²) in [6.45, 7) is 3.58. The molecule has 0 aromatic carbocycles. The van der Waals surface area contributed by atoms with Crippen LogP contribution in [-0.2, 0) is 14.3 Å². The third-order valence-corrected chi connectivity index (χ3v) is 2.34. The molecule has 0 saturated carbocycles. The van der Waals surface area contributed by atoms with Crippen LogP contribution >= 0.6 is 0 Å². The van der Waals surface area contributed by atoms with Crippen molar-refractivity contribution in [2.24, 2.45) is 0 Å². The Kier molecular flexibility index (Phi) is 6.79. The van der Waals surface area contributed by atoms with E-state index in [4.69, 9.17) is 4.74 Å². The first kappa shape index (κ1) is 16.5.